The number of carbonyl (C=O) groups is 1. The number of guanidine groups is 1. The van der Waals surface area contributed by atoms with Gasteiger partial charge in [0.2, 0.25) is 12.2 Å². The molecule has 1 aromatic heterocycles. The number of aromatic nitrogens is 1. The second-order valence-corrected chi connectivity index (χ2v) is 7.36. The molecule has 1 saturated heterocycles. The van der Waals surface area contributed by atoms with E-state index < -0.39 is 11.8 Å². The van der Waals surface area contributed by atoms with Crippen molar-refractivity contribution < 1.29 is 13.9 Å². The molecule has 1 aromatic carbocycles. The smallest absolute Gasteiger partial charge is 0.323 e. The Labute approximate surface area is 180 Å². The molecule has 31 heavy (non-hydrogen) atoms. The maximum atomic E-state index is 14.4. The molecule has 0 radical (unpaired) electrons. The first-order chi connectivity index (χ1) is 14.8. The Morgan fingerprint density at radius 3 is 2.74 bits per heavy atom. The molecule has 9 nitrogen and oxygen atoms in total. The zero-order chi connectivity index (χ0) is 22.5. The van der Waals surface area contributed by atoms with Gasteiger partial charge in [-0.2, -0.15) is 5.26 Å². The lowest BCUT2D eigenvalue weighted by Gasteiger charge is -2.25. The number of aliphatic imine (C=N–C) groups is 1. The van der Waals surface area contributed by atoms with Gasteiger partial charge in [-0.05, 0) is 25.1 Å². The number of nitriles is 1. The molecule has 0 unspecified atom stereocenters. The third-order valence-corrected chi connectivity index (χ3v) is 4.77. The molecule has 0 aliphatic carbocycles. The maximum absolute atomic E-state index is 14.4. The summed E-state index contributed by atoms with van der Waals surface area (Å²) in [6.45, 7) is 2.96. The Bertz CT molecular complexity index is 1020. The number of aryl methyl sites for hydroxylation is 1. The highest BCUT2D eigenvalue weighted by Crippen LogP contribution is 2.30. The number of pyridine rings is 1. The number of rotatable bonds is 4. The number of primary amides is 1. The molecule has 2 aromatic rings. The zero-order valence-corrected chi connectivity index (χ0v) is 17.6. The Kier molecular flexibility index (Phi) is 6.55. The molecule has 0 bridgehead atoms. The van der Waals surface area contributed by atoms with Crippen LogP contribution in [-0.4, -0.2) is 60.1 Å². The lowest BCUT2D eigenvalue weighted by molar-refractivity contribution is 0.212. The number of urea groups is 1. The first-order valence-electron chi connectivity index (χ1n) is 9.67. The lowest BCUT2D eigenvalue weighted by atomic mass is 10.2. The van der Waals surface area contributed by atoms with Crippen LogP contribution in [0.25, 0.3) is 0 Å². The molecule has 2 heterocycles. The highest BCUT2D eigenvalue weighted by molar-refractivity contribution is 5.98. The van der Waals surface area contributed by atoms with Crippen LogP contribution >= 0.6 is 0 Å². The molecule has 1 aliphatic rings. The SMILES string of the molecule is Cc1ccc(N(C(N)=O)c2cc(F)cc(O[C@H]3CCN(C(=NC#N)N(C)C)C3)c2)cn1. The van der Waals surface area contributed by atoms with Crippen molar-refractivity contribution in [2.24, 2.45) is 10.7 Å². The van der Waals surface area contributed by atoms with E-state index in [0.717, 1.165) is 5.69 Å². The number of nitrogens with zero attached hydrogens (tertiary/aromatic N) is 6. The number of carbonyl (C=O) groups excluding carboxylic acids is 1. The van der Waals surface area contributed by atoms with Gasteiger partial charge in [-0.15, -0.1) is 4.99 Å². The van der Waals surface area contributed by atoms with Crippen LogP contribution in [0.5, 0.6) is 5.75 Å². The third-order valence-electron chi connectivity index (χ3n) is 4.77. The molecule has 1 fully saturated rings. The number of nitrogens with two attached hydrogens (primary N) is 1. The van der Waals surface area contributed by atoms with Gasteiger partial charge < -0.3 is 20.3 Å². The summed E-state index contributed by atoms with van der Waals surface area (Å²) < 4.78 is 20.4. The second-order valence-electron chi connectivity index (χ2n) is 7.36. The molecule has 0 spiro atoms. The Morgan fingerprint density at radius 1 is 1.35 bits per heavy atom. The van der Waals surface area contributed by atoms with Crippen molar-refractivity contribution in [3.8, 4) is 11.9 Å². The van der Waals surface area contributed by atoms with Crippen molar-refractivity contribution in [1.82, 2.24) is 14.8 Å². The lowest BCUT2D eigenvalue weighted by Crippen LogP contribution is -2.40. The van der Waals surface area contributed by atoms with Crippen molar-refractivity contribution in [2.45, 2.75) is 19.4 Å². The number of ether oxygens (including phenoxy) is 1. The monoisotopic (exact) mass is 425 g/mol. The highest BCUT2D eigenvalue weighted by Gasteiger charge is 2.28. The van der Waals surface area contributed by atoms with Crippen LogP contribution in [0.4, 0.5) is 20.6 Å². The van der Waals surface area contributed by atoms with E-state index in [0.29, 0.717) is 31.2 Å². The number of halogens is 1. The maximum Gasteiger partial charge on any atom is 0.323 e. The minimum absolute atomic E-state index is 0.235. The van der Waals surface area contributed by atoms with Crippen molar-refractivity contribution in [1.29, 1.82) is 5.26 Å². The molecule has 162 valence electrons. The van der Waals surface area contributed by atoms with Crippen LogP contribution in [0.2, 0.25) is 0 Å². The van der Waals surface area contributed by atoms with E-state index >= 15 is 0 Å². The minimum Gasteiger partial charge on any atom is -0.488 e. The Balaban J connectivity index is 1.81. The normalized spacial score (nSPS) is 16.0. The van der Waals surface area contributed by atoms with Crippen molar-refractivity contribution in [3.63, 3.8) is 0 Å². The summed E-state index contributed by atoms with van der Waals surface area (Å²) in [6.07, 6.45) is 3.74. The van der Waals surface area contributed by atoms with Crippen LogP contribution in [0.1, 0.15) is 12.1 Å². The van der Waals surface area contributed by atoms with E-state index in [1.54, 1.807) is 23.1 Å². The van der Waals surface area contributed by atoms with Gasteiger partial charge in [-0.25, -0.2) is 9.18 Å². The number of anilines is 2. The van der Waals surface area contributed by atoms with Crippen LogP contribution < -0.4 is 15.4 Å². The summed E-state index contributed by atoms with van der Waals surface area (Å²) in [7, 11) is 3.61. The highest BCUT2D eigenvalue weighted by atomic mass is 19.1. The fourth-order valence-electron chi connectivity index (χ4n) is 3.44. The van der Waals surface area contributed by atoms with Gasteiger partial charge in [-0.1, -0.05) is 0 Å². The van der Waals surface area contributed by atoms with Gasteiger partial charge in [0, 0.05) is 44.9 Å². The molecule has 3 rings (SSSR count). The number of likely N-dealkylation sites (tertiary alicyclic amines) is 1. The average Bonchev–Trinajstić information content (AvgIpc) is 3.14. The first-order valence-corrected chi connectivity index (χ1v) is 9.67. The molecule has 2 N–H and O–H groups in total. The molecule has 2 amide bonds. The van der Waals surface area contributed by atoms with Crippen molar-refractivity contribution in [2.75, 3.05) is 32.1 Å². The molecular formula is C21H24FN7O2. The van der Waals surface area contributed by atoms with E-state index in [1.807, 2.05) is 32.1 Å². The van der Waals surface area contributed by atoms with E-state index in [4.69, 9.17) is 15.7 Å². The average molecular weight is 425 g/mol. The molecular weight excluding hydrogens is 401 g/mol. The summed E-state index contributed by atoms with van der Waals surface area (Å²) in [5, 5.41) is 8.90. The number of hydrogen-bond donors (Lipinski definition) is 1. The third kappa shape index (κ3) is 5.19. The number of benzene rings is 1. The minimum atomic E-state index is -0.766. The van der Waals surface area contributed by atoms with E-state index in [9.17, 15) is 9.18 Å². The molecule has 10 heteroatoms. The largest absolute Gasteiger partial charge is 0.488 e. The summed E-state index contributed by atoms with van der Waals surface area (Å²) in [6, 6.07) is 6.69. The van der Waals surface area contributed by atoms with E-state index in [-0.39, 0.29) is 17.5 Å². The van der Waals surface area contributed by atoms with Crippen LogP contribution in [-0.2, 0) is 0 Å². The molecule has 1 atom stereocenters. The predicted octanol–water partition coefficient (Wildman–Crippen LogP) is 2.60. The van der Waals surface area contributed by atoms with Gasteiger partial charge in [0.1, 0.15) is 17.7 Å². The van der Waals surface area contributed by atoms with Crippen LogP contribution in [0.3, 0.4) is 0 Å². The summed E-state index contributed by atoms with van der Waals surface area (Å²) in [5.74, 6) is 0.255. The Hall–Kier alpha value is -3.87. The fraction of sp³-hybridized carbons (Fsp3) is 0.333. The summed E-state index contributed by atoms with van der Waals surface area (Å²) in [4.78, 5) is 25.0. The number of hydrogen-bond acceptors (Lipinski definition) is 5. The van der Waals surface area contributed by atoms with E-state index in [1.165, 1.54) is 23.2 Å². The van der Waals surface area contributed by atoms with E-state index in [2.05, 4.69) is 9.98 Å². The topological polar surface area (TPSA) is 111 Å². The van der Waals surface area contributed by atoms with Crippen LogP contribution in [0.15, 0.2) is 41.5 Å². The van der Waals surface area contributed by atoms with Crippen molar-refractivity contribution in [3.05, 3.63) is 48.0 Å². The zero-order valence-electron chi connectivity index (χ0n) is 17.6. The fourth-order valence-corrected chi connectivity index (χ4v) is 3.44. The number of amides is 2. The van der Waals surface area contributed by atoms with Gasteiger partial charge in [0.25, 0.3) is 0 Å². The van der Waals surface area contributed by atoms with Crippen LogP contribution in [0, 0.1) is 24.2 Å². The molecule has 1 aliphatic heterocycles. The Morgan fingerprint density at radius 2 is 2.13 bits per heavy atom. The van der Waals surface area contributed by atoms with Gasteiger partial charge in [-0.3, -0.25) is 9.88 Å². The molecule has 0 saturated carbocycles. The first kappa shape index (κ1) is 21.8. The van der Waals surface area contributed by atoms with Gasteiger partial charge in [0.05, 0.1) is 24.1 Å². The summed E-state index contributed by atoms with van der Waals surface area (Å²) >= 11 is 0. The standard InChI is InChI=1S/C21H24FN7O2/c1-14-4-5-16(11-25-14)29(20(24)30)17-8-15(22)9-19(10-17)31-18-6-7-28(12-18)21(26-13-23)27(2)3/h4-5,8-11,18H,6-7,12H2,1-3H3,(H2,24,30)/t18-/m0/s1. The predicted molar refractivity (Wildman–Crippen MR) is 114 cm³/mol. The summed E-state index contributed by atoms with van der Waals surface area (Å²) in [5.41, 5.74) is 6.99. The van der Waals surface area contributed by atoms with Gasteiger partial charge in [0.15, 0.2) is 0 Å². The van der Waals surface area contributed by atoms with Crippen molar-refractivity contribution >= 4 is 23.4 Å². The quantitative estimate of drug-likeness (QED) is 0.458. The second kappa shape index (κ2) is 9.30. The van der Waals surface area contributed by atoms with Gasteiger partial charge >= 0.3 is 6.03 Å².